The van der Waals surface area contributed by atoms with E-state index in [1.165, 1.54) is 261 Å². The molecule has 10 heteroatoms. The summed E-state index contributed by atoms with van der Waals surface area (Å²) >= 11 is -0.832. The zero-order chi connectivity index (χ0) is 61.1. The molecule has 0 unspecified atom stereocenters. The molecule has 1 rings (SSSR count). The normalized spacial score (nSPS) is 12.3. The fourth-order valence-corrected chi connectivity index (χ4v) is 30.3. The van der Waals surface area contributed by atoms with Crippen molar-refractivity contribution in [1.29, 1.82) is 0 Å². The van der Waals surface area contributed by atoms with Crippen molar-refractivity contribution in [3.05, 3.63) is 0 Å². The Hall–Kier alpha value is 2.98. The van der Waals surface area contributed by atoms with E-state index in [2.05, 4.69) is 132 Å². The van der Waals surface area contributed by atoms with Crippen LogP contribution in [0.15, 0.2) is 0 Å². The van der Waals surface area contributed by atoms with Gasteiger partial charge in [-0.25, -0.2) is 0 Å². The van der Waals surface area contributed by atoms with Crippen LogP contribution in [0, 0.1) is 0 Å². The van der Waals surface area contributed by atoms with Crippen LogP contribution in [0.4, 0.5) is 0 Å². The molecule has 0 atom stereocenters. The zero-order valence-electron chi connectivity index (χ0n) is 59.8. The van der Waals surface area contributed by atoms with Crippen LogP contribution in [0.5, 0.6) is 0 Å². The van der Waals surface area contributed by atoms with Gasteiger partial charge < -0.3 is 0 Å². The topological polar surface area (TPSA) is 61.8 Å². The van der Waals surface area contributed by atoms with Crippen LogP contribution >= 0.6 is 0 Å². The van der Waals surface area contributed by atoms with Crippen LogP contribution in [0.3, 0.4) is 0 Å². The Labute approximate surface area is 549 Å². The summed E-state index contributed by atoms with van der Waals surface area (Å²) < 4.78 is 0. The van der Waals surface area contributed by atoms with Crippen molar-refractivity contribution in [3.63, 3.8) is 0 Å². The maximum atomic E-state index is 6.64. The minimum absolute atomic E-state index is 0.111. The van der Waals surface area contributed by atoms with Crippen LogP contribution < -0.4 is 11.5 Å². The fraction of sp³-hybridized carbons (Fsp3) is 1.00. The van der Waals surface area contributed by atoms with Crippen LogP contribution in [-0.2, 0) is 0 Å². The van der Waals surface area contributed by atoms with E-state index in [9.17, 15) is 0 Å². The molecule has 0 aromatic rings. The Morgan fingerprint density at radius 1 is 0.325 bits per heavy atom. The Kier molecular flexibility index (Phi) is 87.4. The Bertz CT molecular complexity index is 1020. The molecule has 1 fully saturated rings. The van der Waals surface area contributed by atoms with E-state index in [0.29, 0.717) is 12.1 Å². The molecule has 0 spiro atoms. The molecular weight excluding hydrogens is 1260 g/mol. The van der Waals surface area contributed by atoms with Gasteiger partial charge in [-0.15, -0.1) is 0 Å². The van der Waals surface area contributed by atoms with E-state index < -0.39 is 0 Å². The standard InChI is InChI=1S/C11H24N.C10H22N.C8H18N.C6H14N.C6H12.5C5H11.C4H10N.5Ga.5H/c1-4-7-9-11(12,6-3)10-8-5-2;1-6-7-8-11(9(2)3)10(4)5;1-4-7-9(6-3)8-5-2;1-4-7(5-2)6-3;1-2-4-6-5-3-1;5*1-3-5-4-2;1-4(2,3)5;;;;;;;;;;/h3-10,12H2,1-2H3;9-10H,1,6-8H2,2-5H3;3-8H2,1-2H3;1,4-6H2,2-3H3;1-6H2;5*1,3-5H2,2H3;1,5H2,2-3H3;;;;;;;;;;. The molecule has 0 aromatic heterocycles. The average Bonchev–Trinajstić information content (AvgIpc) is 3.44. The number of hydrogen-bond donors (Lipinski definition) is 2. The third-order valence-electron chi connectivity index (χ3n) is 16.7. The van der Waals surface area contributed by atoms with Gasteiger partial charge in [0.05, 0.1) is 0 Å². The van der Waals surface area contributed by atoms with E-state index in [1.54, 1.807) is 39.8 Å². The van der Waals surface area contributed by atoms with Crippen molar-refractivity contribution in [2.24, 2.45) is 11.5 Å². The van der Waals surface area contributed by atoms with E-state index >= 15 is 0 Å². The molecular formula is C70H160Ga5N5. The maximum absolute atomic E-state index is 6.64. The summed E-state index contributed by atoms with van der Waals surface area (Å²) in [5.41, 5.74) is 12.9. The van der Waals surface area contributed by atoms with Crippen molar-refractivity contribution in [3.8, 4) is 0 Å². The first-order valence-corrected chi connectivity index (χ1v) is 58.3. The van der Waals surface area contributed by atoms with Gasteiger partial charge in [-0.3, -0.25) is 0 Å². The first kappa shape index (κ1) is 91.7. The molecule has 0 saturated heterocycles. The summed E-state index contributed by atoms with van der Waals surface area (Å²) in [5.74, 6) is 0. The molecule has 1 aliphatic carbocycles. The summed E-state index contributed by atoms with van der Waals surface area (Å²) in [5, 5.41) is 0. The van der Waals surface area contributed by atoms with Gasteiger partial charge in [0.15, 0.2) is 0 Å². The summed E-state index contributed by atoms with van der Waals surface area (Å²) in [6.45, 7) is 48.0. The monoisotopic (exact) mass is 1420 g/mol. The van der Waals surface area contributed by atoms with Gasteiger partial charge in [-0.2, -0.15) is 0 Å². The predicted molar refractivity (Wildman–Crippen MR) is 389 cm³/mol. The molecule has 1 saturated carbocycles. The summed E-state index contributed by atoms with van der Waals surface area (Å²) in [4.78, 5) is 23.6. The second-order valence-electron chi connectivity index (χ2n) is 26.7. The van der Waals surface area contributed by atoms with Crippen LogP contribution in [-0.4, -0.2) is 171 Å². The van der Waals surface area contributed by atoms with E-state index in [4.69, 9.17) is 11.5 Å². The number of unbranched alkanes of at least 4 members (excludes halogenated alkanes) is 13. The second-order valence-corrected chi connectivity index (χ2v) is 48.5. The van der Waals surface area contributed by atoms with Crippen molar-refractivity contribution in [2.45, 2.75) is 396 Å². The molecule has 0 aromatic carbocycles. The van der Waals surface area contributed by atoms with Crippen LogP contribution in [0.25, 0.3) is 0 Å². The van der Waals surface area contributed by atoms with Gasteiger partial charge in [0.2, 0.25) is 0 Å². The summed E-state index contributed by atoms with van der Waals surface area (Å²) in [7, 11) is 0. The Morgan fingerprint density at radius 2 is 0.637 bits per heavy atom. The van der Waals surface area contributed by atoms with Crippen molar-refractivity contribution >= 4 is 87.0 Å². The van der Waals surface area contributed by atoms with Crippen LogP contribution in [0.1, 0.15) is 323 Å². The number of nitrogens with zero attached hydrogens (tertiary/aromatic N) is 3. The van der Waals surface area contributed by atoms with Gasteiger partial charge in [0.25, 0.3) is 0 Å². The molecule has 0 heterocycles. The van der Waals surface area contributed by atoms with Crippen molar-refractivity contribution < 1.29 is 0 Å². The van der Waals surface area contributed by atoms with Crippen molar-refractivity contribution in [1.82, 2.24) is 14.7 Å². The van der Waals surface area contributed by atoms with Crippen molar-refractivity contribution in [2.75, 3.05) is 45.8 Å². The predicted octanol–water partition coefficient (Wildman–Crippen LogP) is 20.2. The van der Waals surface area contributed by atoms with Gasteiger partial charge >= 0.3 is 517 Å². The average molecular weight is 1420 g/mol. The quantitative estimate of drug-likeness (QED) is 0.0469. The van der Waals surface area contributed by atoms with E-state index in [1.807, 2.05) is 0 Å². The Balaban J connectivity index is -0.000000287. The first-order valence-electron chi connectivity index (χ1n) is 37.3. The van der Waals surface area contributed by atoms with E-state index in [-0.39, 0.29) is 98.1 Å². The molecule has 4 N–H and O–H groups in total. The molecule has 0 radical (unpaired) electrons. The van der Waals surface area contributed by atoms with Gasteiger partial charge in [-0.05, 0) is 0 Å². The second kappa shape index (κ2) is 76.2. The number of nitrogens with two attached hydrogens (primary N) is 2. The third kappa shape index (κ3) is 81.0. The molecule has 80 heavy (non-hydrogen) atoms. The summed E-state index contributed by atoms with van der Waals surface area (Å²) in [6.07, 6.45) is 45.4. The van der Waals surface area contributed by atoms with E-state index in [0.717, 1.165) is 0 Å². The Morgan fingerprint density at radius 3 is 0.950 bits per heavy atom. The zero-order valence-corrected chi connectivity index (χ0v) is 74.7. The molecule has 0 aliphatic heterocycles. The molecule has 0 amide bonds. The number of rotatable bonds is 50. The SMILES string of the molecule is C1CCCCC1.CCCC[CH2][GaH][CH2]C(C)(C)N.CCCC[CH2][GaH][CH2]CC(N)(CCCC)CCCC.CCCC[CH2][GaH][CH2]CCCN(C(C)C)C(C)C.CCCC[CH2][GaH][CH2]CN(CC)CC.CCCC[CH2][GaH][CH2]CN(CCC)CCC. The molecule has 1 aliphatic rings. The fourth-order valence-electron chi connectivity index (χ4n) is 11.2. The minimum atomic E-state index is -0.236. The summed E-state index contributed by atoms with van der Waals surface area (Å²) in [6, 6.07) is 1.42. The number of hydrogen-bond acceptors (Lipinski definition) is 5. The molecule has 5 nitrogen and oxygen atoms in total. The third-order valence-corrected chi connectivity index (χ3v) is 38.0. The van der Waals surface area contributed by atoms with Crippen LogP contribution in [0.2, 0.25) is 49.8 Å². The van der Waals surface area contributed by atoms with Gasteiger partial charge in [0.1, 0.15) is 0 Å². The molecule has 0 bridgehead atoms. The van der Waals surface area contributed by atoms with Gasteiger partial charge in [-0.1, -0.05) is 38.5 Å². The molecule has 480 valence electrons. The van der Waals surface area contributed by atoms with Gasteiger partial charge in [0, 0.05) is 0 Å². The first-order chi connectivity index (χ1) is 38.5.